The SMILES string of the molecule is CC(C)NS(=O)(=O)c1ccc(F)c(CNC(C)(C)C)c1. The number of benzene rings is 1. The first-order valence-corrected chi connectivity index (χ1v) is 8.05. The molecule has 0 bridgehead atoms. The van der Waals surface area contributed by atoms with Gasteiger partial charge in [-0.2, -0.15) is 0 Å². The quantitative estimate of drug-likeness (QED) is 0.878. The van der Waals surface area contributed by atoms with Crippen LogP contribution < -0.4 is 10.0 Å². The molecule has 1 aromatic carbocycles. The van der Waals surface area contributed by atoms with Gasteiger partial charge in [0.25, 0.3) is 0 Å². The van der Waals surface area contributed by atoms with E-state index in [2.05, 4.69) is 10.0 Å². The summed E-state index contributed by atoms with van der Waals surface area (Å²) in [5, 5.41) is 3.14. The van der Waals surface area contributed by atoms with Crippen molar-refractivity contribution >= 4 is 10.0 Å². The lowest BCUT2D eigenvalue weighted by atomic mass is 10.1. The van der Waals surface area contributed by atoms with E-state index in [-0.39, 0.29) is 23.0 Å². The van der Waals surface area contributed by atoms with Crippen molar-refractivity contribution < 1.29 is 12.8 Å². The Morgan fingerprint density at radius 2 is 1.85 bits per heavy atom. The smallest absolute Gasteiger partial charge is 0.240 e. The van der Waals surface area contributed by atoms with Gasteiger partial charge in [0, 0.05) is 23.7 Å². The summed E-state index contributed by atoms with van der Waals surface area (Å²) in [7, 11) is -3.60. The number of nitrogens with one attached hydrogen (secondary N) is 2. The summed E-state index contributed by atoms with van der Waals surface area (Å²) in [5.41, 5.74) is 0.170. The Kier molecular flexibility index (Phi) is 5.29. The van der Waals surface area contributed by atoms with E-state index < -0.39 is 15.8 Å². The number of hydrogen-bond acceptors (Lipinski definition) is 3. The van der Waals surface area contributed by atoms with Gasteiger partial charge in [0.05, 0.1) is 4.90 Å². The molecule has 0 radical (unpaired) electrons. The molecule has 0 aliphatic carbocycles. The van der Waals surface area contributed by atoms with Crippen LogP contribution in [0.5, 0.6) is 0 Å². The maximum absolute atomic E-state index is 13.7. The normalized spacial score (nSPS) is 12.9. The van der Waals surface area contributed by atoms with E-state index in [1.54, 1.807) is 13.8 Å². The molecule has 0 fully saturated rings. The van der Waals surface area contributed by atoms with Crippen LogP contribution in [0.3, 0.4) is 0 Å². The van der Waals surface area contributed by atoms with Gasteiger partial charge in [0.2, 0.25) is 10.0 Å². The van der Waals surface area contributed by atoms with Gasteiger partial charge in [0.1, 0.15) is 5.82 Å². The van der Waals surface area contributed by atoms with Crippen LogP contribution in [0.4, 0.5) is 4.39 Å². The second-order valence-electron chi connectivity index (χ2n) is 6.13. The molecule has 0 aliphatic heterocycles. The van der Waals surface area contributed by atoms with Crippen molar-refractivity contribution in [3.63, 3.8) is 0 Å². The lowest BCUT2D eigenvalue weighted by molar-refractivity contribution is 0.418. The largest absolute Gasteiger partial charge is 0.308 e. The highest BCUT2D eigenvalue weighted by Crippen LogP contribution is 2.16. The Bertz CT molecular complexity index is 563. The van der Waals surface area contributed by atoms with Crippen molar-refractivity contribution in [2.24, 2.45) is 0 Å². The molecular weight excluding hydrogens is 279 g/mol. The van der Waals surface area contributed by atoms with E-state index in [1.807, 2.05) is 20.8 Å². The minimum absolute atomic E-state index is 0.0818. The molecule has 0 aliphatic rings. The predicted molar refractivity (Wildman–Crippen MR) is 78.5 cm³/mol. The molecule has 0 amide bonds. The molecule has 114 valence electrons. The minimum Gasteiger partial charge on any atom is -0.308 e. The third kappa shape index (κ3) is 5.19. The Labute approximate surface area is 120 Å². The van der Waals surface area contributed by atoms with E-state index in [0.717, 1.165) is 0 Å². The Morgan fingerprint density at radius 3 is 2.35 bits per heavy atom. The Hall–Kier alpha value is -0.980. The van der Waals surface area contributed by atoms with Crippen molar-refractivity contribution in [2.75, 3.05) is 0 Å². The summed E-state index contributed by atoms with van der Waals surface area (Å²) in [6, 6.07) is 3.63. The van der Waals surface area contributed by atoms with E-state index >= 15 is 0 Å². The molecule has 0 saturated carbocycles. The highest BCUT2D eigenvalue weighted by atomic mass is 32.2. The van der Waals surface area contributed by atoms with Crippen LogP contribution in [-0.2, 0) is 16.6 Å². The fourth-order valence-corrected chi connectivity index (χ4v) is 2.89. The highest BCUT2D eigenvalue weighted by molar-refractivity contribution is 7.89. The highest BCUT2D eigenvalue weighted by Gasteiger charge is 2.18. The summed E-state index contributed by atoms with van der Waals surface area (Å²) in [6.07, 6.45) is 0. The van der Waals surface area contributed by atoms with Gasteiger partial charge in [-0.25, -0.2) is 17.5 Å². The number of halogens is 1. The molecule has 0 spiro atoms. The lowest BCUT2D eigenvalue weighted by Gasteiger charge is -2.21. The summed E-state index contributed by atoms with van der Waals surface area (Å²) in [6.45, 7) is 9.65. The molecule has 6 heteroatoms. The zero-order valence-electron chi connectivity index (χ0n) is 12.6. The first kappa shape index (κ1) is 17.1. The molecule has 0 unspecified atom stereocenters. The van der Waals surface area contributed by atoms with Crippen LogP contribution in [0.25, 0.3) is 0 Å². The van der Waals surface area contributed by atoms with Gasteiger partial charge in [-0.15, -0.1) is 0 Å². The summed E-state index contributed by atoms with van der Waals surface area (Å²) >= 11 is 0. The van der Waals surface area contributed by atoms with Crippen LogP contribution in [-0.4, -0.2) is 20.0 Å². The van der Waals surface area contributed by atoms with E-state index in [0.29, 0.717) is 5.56 Å². The van der Waals surface area contributed by atoms with E-state index in [1.165, 1.54) is 18.2 Å². The van der Waals surface area contributed by atoms with E-state index in [9.17, 15) is 12.8 Å². The fourth-order valence-electron chi connectivity index (χ4n) is 1.59. The zero-order chi connectivity index (χ0) is 15.6. The van der Waals surface area contributed by atoms with Crippen LogP contribution in [0.15, 0.2) is 23.1 Å². The topological polar surface area (TPSA) is 58.2 Å². The molecule has 1 rings (SSSR count). The van der Waals surface area contributed by atoms with Gasteiger partial charge in [-0.3, -0.25) is 0 Å². The number of sulfonamides is 1. The van der Waals surface area contributed by atoms with Crippen LogP contribution >= 0.6 is 0 Å². The maximum Gasteiger partial charge on any atom is 0.240 e. The molecule has 0 atom stereocenters. The van der Waals surface area contributed by atoms with E-state index in [4.69, 9.17) is 0 Å². The van der Waals surface area contributed by atoms with Crippen LogP contribution in [0.1, 0.15) is 40.2 Å². The Balaban J connectivity index is 3.03. The predicted octanol–water partition coefficient (Wildman–Crippen LogP) is 2.40. The average molecular weight is 302 g/mol. The summed E-state index contributed by atoms with van der Waals surface area (Å²) in [4.78, 5) is 0.0818. The summed E-state index contributed by atoms with van der Waals surface area (Å²) in [5.74, 6) is -0.412. The molecule has 4 nitrogen and oxygen atoms in total. The molecule has 0 saturated heterocycles. The number of rotatable bonds is 5. The minimum atomic E-state index is -3.60. The average Bonchev–Trinajstić information content (AvgIpc) is 2.24. The van der Waals surface area contributed by atoms with Crippen LogP contribution in [0.2, 0.25) is 0 Å². The monoisotopic (exact) mass is 302 g/mol. The second-order valence-corrected chi connectivity index (χ2v) is 7.85. The molecular formula is C14H23FN2O2S. The molecule has 1 aromatic rings. The maximum atomic E-state index is 13.7. The third-order valence-corrected chi connectivity index (χ3v) is 4.18. The zero-order valence-corrected chi connectivity index (χ0v) is 13.4. The molecule has 0 heterocycles. The van der Waals surface area contributed by atoms with Crippen LogP contribution in [0, 0.1) is 5.82 Å². The fraction of sp³-hybridized carbons (Fsp3) is 0.571. The molecule has 20 heavy (non-hydrogen) atoms. The van der Waals surface area contributed by atoms with Crippen molar-refractivity contribution in [1.29, 1.82) is 0 Å². The first-order valence-electron chi connectivity index (χ1n) is 6.57. The number of hydrogen-bond donors (Lipinski definition) is 2. The van der Waals surface area contributed by atoms with Crippen molar-refractivity contribution in [2.45, 2.75) is 57.6 Å². The van der Waals surface area contributed by atoms with Gasteiger partial charge < -0.3 is 5.32 Å². The Morgan fingerprint density at radius 1 is 1.25 bits per heavy atom. The third-order valence-electron chi connectivity index (χ3n) is 2.53. The standard InChI is InChI=1S/C14H23FN2O2S/c1-10(2)17-20(18,19)12-6-7-13(15)11(8-12)9-16-14(3,4)5/h6-8,10,16-17H,9H2,1-5H3. The van der Waals surface area contributed by atoms with Crippen molar-refractivity contribution in [3.8, 4) is 0 Å². The first-order chi connectivity index (χ1) is 9.01. The lowest BCUT2D eigenvalue weighted by Crippen LogP contribution is -2.35. The van der Waals surface area contributed by atoms with Gasteiger partial charge >= 0.3 is 0 Å². The summed E-state index contributed by atoms with van der Waals surface area (Å²) < 4.78 is 40.3. The van der Waals surface area contributed by atoms with Gasteiger partial charge in [0.15, 0.2) is 0 Å². The van der Waals surface area contributed by atoms with Crippen molar-refractivity contribution in [3.05, 3.63) is 29.6 Å². The van der Waals surface area contributed by atoms with Gasteiger partial charge in [-0.05, 0) is 52.8 Å². The molecule has 2 N–H and O–H groups in total. The second kappa shape index (κ2) is 6.20. The molecule has 0 aromatic heterocycles. The van der Waals surface area contributed by atoms with Gasteiger partial charge in [-0.1, -0.05) is 0 Å². The van der Waals surface area contributed by atoms with Crippen molar-refractivity contribution in [1.82, 2.24) is 10.0 Å².